The van der Waals surface area contributed by atoms with E-state index in [2.05, 4.69) is 10.6 Å². The molecular weight excluding hydrogens is 252 g/mol. The van der Waals surface area contributed by atoms with Crippen molar-refractivity contribution in [2.75, 3.05) is 19.7 Å². The van der Waals surface area contributed by atoms with E-state index >= 15 is 0 Å². The van der Waals surface area contributed by atoms with Gasteiger partial charge in [-0.2, -0.15) is 0 Å². The maximum atomic E-state index is 11.7. The van der Waals surface area contributed by atoms with E-state index in [0.29, 0.717) is 18.6 Å². The number of hydrogen-bond acceptors (Lipinski definition) is 3. The molecule has 2 aliphatic rings. The average molecular weight is 282 g/mol. The Balaban J connectivity index is 1.46. The van der Waals surface area contributed by atoms with Crippen LogP contribution >= 0.6 is 0 Å². The molecule has 1 atom stereocenters. The lowest BCUT2D eigenvalue weighted by Gasteiger charge is -2.16. The summed E-state index contributed by atoms with van der Waals surface area (Å²) in [7, 11) is 0. The van der Waals surface area contributed by atoms with Crippen molar-refractivity contribution >= 4 is 5.91 Å². The van der Waals surface area contributed by atoms with Gasteiger partial charge in [0.1, 0.15) is 0 Å². The van der Waals surface area contributed by atoms with Gasteiger partial charge in [-0.25, -0.2) is 0 Å². The molecule has 1 amide bonds. The van der Waals surface area contributed by atoms with Crippen LogP contribution in [0.25, 0.3) is 0 Å². The Morgan fingerprint density at radius 1 is 1.00 bits per heavy atom. The van der Waals surface area contributed by atoms with Crippen LogP contribution in [0.5, 0.6) is 0 Å². The summed E-state index contributed by atoms with van der Waals surface area (Å²) in [6, 6.07) is 0.668. The molecule has 1 aliphatic carbocycles. The third-order valence-electron chi connectivity index (χ3n) is 4.45. The molecule has 0 radical (unpaired) electrons. The summed E-state index contributed by atoms with van der Waals surface area (Å²) in [4.78, 5) is 11.7. The van der Waals surface area contributed by atoms with Gasteiger partial charge in [-0.1, -0.05) is 25.7 Å². The second-order valence-corrected chi connectivity index (χ2v) is 6.17. The highest BCUT2D eigenvalue weighted by Crippen LogP contribution is 2.17. The lowest BCUT2D eigenvalue weighted by molar-refractivity contribution is -0.121. The van der Waals surface area contributed by atoms with E-state index in [1.165, 1.54) is 38.5 Å². The fraction of sp³-hybridized carbons (Fsp3) is 0.938. The van der Waals surface area contributed by atoms with Crippen molar-refractivity contribution in [2.45, 2.75) is 76.4 Å². The summed E-state index contributed by atoms with van der Waals surface area (Å²) >= 11 is 0. The molecule has 0 spiro atoms. The van der Waals surface area contributed by atoms with Gasteiger partial charge in [0.05, 0.1) is 6.10 Å². The van der Waals surface area contributed by atoms with Crippen molar-refractivity contribution in [3.05, 3.63) is 0 Å². The summed E-state index contributed by atoms with van der Waals surface area (Å²) < 4.78 is 5.53. The fourth-order valence-electron chi connectivity index (χ4n) is 3.21. The van der Waals surface area contributed by atoms with Crippen LogP contribution in [0.3, 0.4) is 0 Å². The molecule has 2 rings (SSSR count). The monoisotopic (exact) mass is 282 g/mol. The van der Waals surface area contributed by atoms with E-state index in [4.69, 9.17) is 4.74 Å². The Morgan fingerprint density at radius 2 is 1.80 bits per heavy atom. The standard InChI is InChI=1S/C16H30N2O2/c19-16(10-9-15-8-5-13-20-15)18-12-11-17-14-6-3-1-2-4-7-14/h14-15,17H,1-13H2,(H,18,19)/t15-/m0/s1. The molecule has 20 heavy (non-hydrogen) atoms. The maximum absolute atomic E-state index is 11.7. The third kappa shape index (κ3) is 6.23. The summed E-state index contributed by atoms with van der Waals surface area (Å²) in [5, 5.41) is 6.58. The molecule has 2 fully saturated rings. The zero-order valence-electron chi connectivity index (χ0n) is 12.7. The molecule has 0 aromatic heterocycles. The van der Waals surface area contributed by atoms with Crippen molar-refractivity contribution < 1.29 is 9.53 Å². The molecule has 1 heterocycles. The van der Waals surface area contributed by atoms with E-state index in [9.17, 15) is 4.79 Å². The van der Waals surface area contributed by atoms with Gasteiger partial charge in [0, 0.05) is 32.2 Å². The van der Waals surface area contributed by atoms with E-state index in [0.717, 1.165) is 39.0 Å². The Labute approximate surface area is 123 Å². The first-order valence-electron chi connectivity index (χ1n) is 8.46. The molecule has 1 saturated heterocycles. The number of nitrogens with one attached hydrogen (secondary N) is 2. The predicted molar refractivity (Wildman–Crippen MR) is 80.7 cm³/mol. The SMILES string of the molecule is O=C(CC[C@@H]1CCCO1)NCCNC1CCCCCC1. The second-order valence-electron chi connectivity index (χ2n) is 6.17. The number of carbonyl (C=O) groups is 1. The van der Waals surface area contributed by atoms with Crippen LogP contribution in [0.2, 0.25) is 0 Å². The number of carbonyl (C=O) groups excluding carboxylic acids is 1. The number of rotatable bonds is 7. The maximum Gasteiger partial charge on any atom is 0.220 e. The molecule has 0 aromatic carbocycles. The lowest BCUT2D eigenvalue weighted by Crippen LogP contribution is -2.37. The molecule has 4 heteroatoms. The number of amides is 1. The van der Waals surface area contributed by atoms with E-state index in [1.54, 1.807) is 0 Å². The van der Waals surface area contributed by atoms with Crippen LogP contribution in [0.4, 0.5) is 0 Å². The van der Waals surface area contributed by atoms with Crippen molar-refractivity contribution in [1.82, 2.24) is 10.6 Å². The van der Waals surface area contributed by atoms with Gasteiger partial charge in [0.25, 0.3) is 0 Å². The van der Waals surface area contributed by atoms with Gasteiger partial charge in [0.2, 0.25) is 5.91 Å². The van der Waals surface area contributed by atoms with Crippen LogP contribution in [0, 0.1) is 0 Å². The third-order valence-corrected chi connectivity index (χ3v) is 4.45. The van der Waals surface area contributed by atoms with Crippen LogP contribution in [0.15, 0.2) is 0 Å². The van der Waals surface area contributed by atoms with Crippen molar-refractivity contribution in [3.63, 3.8) is 0 Å². The highest BCUT2D eigenvalue weighted by atomic mass is 16.5. The number of hydrogen-bond donors (Lipinski definition) is 2. The number of ether oxygens (including phenoxy) is 1. The highest BCUT2D eigenvalue weighted by molar-refractivity contribution is 5.75. The molecule has 116 valence electrons. The van der Waals surface area contributed by atoms with Gasteiger partial charge in [-0.05, 0) is 32.1 Å². The van der Waals surface area contributed by atoms with Crippen LogP contribution in [-0.4, -0.2) is 37.7 Å². The summed E-state index contributed by atoms with van der Waals surface area (Å²) in [6.45, 7) is 2.52. The first-order valence-corrected chi connectivity index (χ1v) is 8.46. The van der Waals surface area contributed by atoms with Crippen molar-refractivity contribution in [1.29, 1.82) is 0 Å². The van der Waals surface area contributed by atoms with Gasteiger partial charge in [-0.3, -0.25) is 4.79 Å². The van der Waals surface area contributed by atoms with Gasteiger partial charge >= 0.3 is 0 Å². The zero-order valence-corrected chi connectivity index (χ0v) is 12.7. The molecule has 4 nitrogen and oxygen atoms in total. The summed E-state index contributed by atoms with van der Waals surface area (Å²) in [5.74, 6) is 0.170. The summed E-state index contributed by atoms with van der Waals surface area (Å²) in [6.07, 6.45) is 12.2. The van der Waals surface area contributed by atoms with Crippen LogP contribution < -0.4 is 10.6 Å². The smallest absolute Gasteiger partial charge is 0.220 e. The van der Waals surface area contributed by atoms with Crippen LogP contribution in [-0.2, 0) is 9.53 Å². The molecule has 0 bridgehead atoms. The average Bonchev–Trinajstić information content (AvgIpc) is 2.84. The molecule has 2 N–H and O–H groups in total. The Morgan fingerprint density at radius 3 is 2.50 bits per heavy atom. The highest BCUT2D eigenvalue weighted by Gasteiger charge is 2.16. The largest absolute Gasteiger partial charge is 0.378 e. The van der Waals surface area contributed by atoms with Gasteiger partial charge in [0.15, 0.2) is 0 Å². The molecule has 0 aromatic rings. The quantitative estimate of drug-likeness (QED) is 0.557. The van der Waals surface area contributed by atoms with E-state index in [1.807, 2.05) is 0 Å². The topological polar surface area (TPSA) is 50.4 Å². The minimum atomic E-state index is 0.170. The van der Waals surface area contributed by atoms with E-state index in [-0.39, 0.29) is 5.91 Å². The summed E-state index contributed by atoms with van der Waals surface area (Å²) in [5.41, 5.74) is 0. The molecule has 0 unspecified atom stereocenters. The Bertz CT molecular complexity index is 270. The van der Waals surface area contributed by atoms with E-state index < -0.39 is 0 Å². The Hall–Kier alpha value is -0.610. The zero-order chi connectivity index (χ0) is 14.0. The van der Waals surface area contributed by atoms with Crippen LogP contribution in [0.1, 0.15) is 64.2 Å². The minimum Gasteiger partial charge on any atom is -0.378 e. The molecule has 1 aliphatic heterocycles. The van der Waals surface area contributed by atoms with Gasteiger partial charge < -0.3 is 15.4 Å². The fourth-order valence-corrected chi connectivity index (χ4v) is 3.21. The molecular formula is C16H30N2O2. The first-order chi connectivity index (χ1) is 9.84. The van der Waals surface area contributed by atoms with Crippen molar-refractivity contribution in [3.8, 4) is 0 Å². The normalized spacial score (nSPS) is 24.5. The van der Waals surface area contributed by atoms with Crippen molar-refractivity contribution in [2.24, 2.45) is 0 Å². The Kier molecular flexibility index (Phi) is 7.37. The second kappa shape index (κ2) is 9.35. The van der Waals surface area contributed by atoms with Gasteiger partial charge in [-0.15, -0.1) is 0 Å². The minimum absolute atomic E-state index is 0.170. The first kappa shape index (κ1) is 15.8. The predicted octanol–water partition coefficient (Wildman–Crippen LogP) is 2.37. The lowest BCUT2D eigenvalue weighted by atomic mass is 10.1. The molecule has 1 saturated carbocycles.